The van der Waals surface area contributed by atoms with Crippen molar-refractivity contribution in [3.05, 3.63) is 0 Å². The van der Waals surface area contributed by atoms with E-state index >= 15 is 0 Å². The van der Waals surface area contributed by atoms with Crippen LogP contribution in [0, 0.1) is 29.6 Å². The highest BCUT2D eigenvalue weighted by Crippen LogP contribution is 2.07. The molecule has 0 bridgehead atoms. The maximum absolute atomic E-state index is 11.5. The first-order valence-electron chi connectivity index (χ1n) is 4.25. The Hall–Kier alpha value is -1.48. The Morgan fingerprint density at radius 2 is 2.31 bits per heavy atom. The molecule has 1 atom stereocenters. The Morgan fingerprint density at radius 3 is 2.69 bits per heavy atom. The average Bonchev–Trinajstić information content (AvgIpc) is 2.13. The van der Waals surface area contributed by atoms with Crippen molar-refractivity contribution in [2.24, 2.45) is 5.92 Å². The van der Waals surface area contributed by atoms with Crippen LogP contribution in [-0.4, -0.2) is 24.4 Å². The molecule has 0 aromatic rings. The van der Waals surface area contributed by atoms with Crippen molar-refractivity contribution in [2.75, 3.05) is 13.6 Å². The molecule has 0 aromatic carbocycles. The average molecular weight is 178 g/mol. The van der Waals surface area contributed by atoms with E-state index in [1.165, 1.54) is 4.90 Å². The molecule has 1 unspecified atom stereocenters. The lowest BCUT2D eigenvalue weighted by atomic mass is 10.0. The standard InChI is InChI=1S/C10H14N2O/c1-4-6-9(8-11)10(13)12(3)7-5-2/h2,9H,4,6-7H2,1,3H3. The van der Waals surface area contributed by atoms with Gasteiger partial charge in [-0.15, -0.1) is 6.42 Å². The summed E-state index contributed by atoms with van der Waals surface area (Å²) in [6.45, 7) is 2.21. The number of hydrogen-bond acceptors (Lipinski definition) is 2. The second kappa shape index (κ2) is 6.08. The van der Waals surface area contributed by atoms with E-state index < -0.39 is 5.92 Å². The topological polar surface area (TPSA) is 44.1 Å². The smallest absolute Gasteiger partial charge is 0.240 e. The van der Waals surface area contributed by atoms with E-state index in [1.807, 2.05) is 13.0 Å². The van der Waals surface area contributed by atoms with Crippen LogP contribution >= 0.6 is 0 Å². The van der Waals surface area contributed by atoms with Crippen molar-refractivity contribution in [3.63, 3.8) is 0 Å². The van der Waals surface area contributed by atoms with Crippen molar-refractivity contribution < 1.29 is 4.79 Å². The summed E-state index contributed by atoms with van der Waals surface area (Å²) in [7, 11) is 1.61. The van der Waals surface area contributed by atoms with E-state index in [1.54, 1.807) is 7.05 Å². The summed E-state index contributed by atoms with van der Waals surface area (Å²) in [5.41, 5.74) is 0. The molecule has 0 aliphatic rings. The Bertz CT molecular complexity index is 247. The first-order chi connectivity index (χ1) is 6.17. The van der Waals surface area contributed by atoms with Crippen LogP contribution in [0.25, 0.3) is 0 Å². The van der Waals surface area contributed by atoms with E-state index in [-0.39, 0.29) is 12.5 Å². The van der Waals surface area contributed by atoms with Crippen LogP contribution in [0.4, 0.5) is 0 Å². The SMILES string of the molecule is C#CCN(C)C(=O)C(C#N)CCC. The molecule has 13 heavy (non-hydrogen) atoms. The molecule has 0 heterocycles. The molecule has 0 spiro atoms. The maximum Gasteiger partial charge on any atom is 0.240 e. The van der Waals surface area contributed by atoms with Gasteiger partial charge in [0.15, 0.2) is 0 Å². The van der Waals surface area contributed by atoms with Gasteiger partial charge in [0.1, 0.15) is 5.92 Å². The minimum absolute atomic E-state index is 0.178. The summed E-state index contributed by atoms with van der Waals surface area (Å²) in [6, 6.07) is 1.98. The molecule has 0 radical (unpaired) electrons. The molecule has 0 saturated heterocycles. The summed E-state index contributed by atoms with van der Waals surface area (Å²) >= 11 is 0. The largest absolute Gasteiger partial charge is 0.333 e. The predicted molar refractivity (Wildman–Crippen MR) is 50.5 cm³/mol. The van der Waals surface area contributed by atoms with Gasteiger partial charge < -0.3 is 4.90 Å². The van der Waals surface area contributed by atoms with Crippen LogP contribution in [0.2, 0.25) is 0 Å². The number of nitriles is 1. The zero-order valence-electron chi connectivity index (χ0n) is 8.08. The van der Waals surface area contributed by atoms with Crippen molar-refractivity contribution >= 4 is 5.91 Å². The van der Waals surface area contributed by atoms with Gasteiger partial charge in [-0.1, -0.05) is 19.3 Å². The molecule has 1 amide bonds. The predicted octanol–water partition coefficient (Wildman–Crippen LogP) is 1.02. The van der Waals surface area contributed by atoms with Gasteiger partial charge in [0.2, 0.25) is 5.91 Å². The van der Waals surface area contributed by atoms with Gasteiger partial charge in [0.05, 0.1) is 12.6 Å². The lowest BCUT2D eigenvalue weighted by Gasteiger charge is -2.16. The van der Waals surface area contributed by atoms with E-state index in [0.717, 1.165) is 6.42 Å². The second-order valence-corrected chi connectivity index (χ2v) is 2.87. The normalized spacial score (nSPS) is 11.1. The molecular weight excluding hydrogens is 164 g/mol. The third-order valence-corrected chi connectivity index (χ3v) is 1.74. The maximum atomic E-state index is 11.5. The number of amides is 1. The van der Waals surface area contributed by atoms with E-state index in [2.05, 4.69) is 5.92 Å². The number of carbonyl (C=O) groups is 1. The molecule has 70 valence electrons. The summed E-state index contributed by atoms with van der Waals surface area (Å²) in [6.07, 6.45) is 6.48. The van der Waals surface area contributed by atoms with Crippen LogP contribution in [0.3, 0.4) is 0 Å². The van der Waals surface area contributed by atoms with E-state index in [4.69, 9.17) is 11.7 Å². The number of rotatable bonds is 4. The molecule has 0 aliphatic carbocycles. The molecule has 0 aliphatic heterocycles. The van der Waals surface area contributed by atoms with E-state index in [9.17, 15) is 4.79 Å². The Kier molecular flexibility index (Phi) is 5.39. The first kappa shape index (κ1) is 11.5. The van der Waals surface area contributed by atoms with Crippen LogP contribution in [-0.2, 0) is 4.79 Å². The second-order valence-electron chi connectivity index (χ2n) is 2.87. The fourth-order valence-electron chi connectivity index (χ4n) is 1.01. The molecule has 0 aromatic heterocycles. The highest BCUT2D eigenvalue weighted by atomic mass is 16.2. The van der Waals surface area contributed by atoms with Gasteiger partial charge in [0.25, 0.3) is 0 Å². The molecule has 0 saturated carbocycles. The number of nitrogens with zero attached hydrogens (tertiary/aromatic N) is 2. The first-order valence-corrected chi connectivity index (χ1v) is 4.25. The highest BCUT2D eigenvalue weighted by molar-refractivity contribution is 5.81. The number of carbonyl (C=O) groups excluding carboxylic acids is 1. The fraction of sp³-hybridized carbons (Fsp3) is 0.600. The van der Waals surface area contributed by atoms with Crippen molar-refractivity contribution in [1.29, 1.82) is 5.26 Å². The minimum Gasteiger partial charge on any atom is -0.333 e. The third-order valence-electron chi connectivity index (χ3n) is 1.74. The minimum atomic E-state index is -0.539. The van der Waals surface area contributed by atoms with Crippen LogP contribution in [0.15, 0.2) is 0 Å². The fourth-order valence-corrected chi connectivity index (χ4v) is 1.01. The van der Waals surface area contributed by atoms with E-state index in [0.29, 0.717) is 6.42 Å². The van der Waals surface area contributed by atoms with Gasteiger partial charge in [-0.2, -0.15) is 5.26 Å². The lowest BCUT2D eigenvalue weighted by molar-refractivity contribution is -0.132. The molecular formula is C10H14N2O. The molecule has 3 nitrogen and oxygen atoms in total. The summed E-state index contributed by atoms with van der Waals surface area (Å²) < 4.78 is 0. The lowest BCUT2D eigenvalue weighted by Crippen LogP contribution is -2.32. The van der Waals surface area contributed by atoms with Gasteiger partial charge >= 0.3 is 0 Å². The zero-order valence-corrected chi connectivity index (χ0v) is 8.08. The quantitative estimate of drug-likeness (QED) is 0.603. The summed E-state index contributed by atoms with van der Waals surface area (Å²) in [5.74, 6) is 1.65. The van der Waals surface area contributed by atoms with Gasteiger partial charge in [-0.25, -0.2) is 0 Å². The van der Waals surface area contributed by atoms with Gasteiger partial charge in [-0.3, -0.25) is 4.79 Å². The Labute approximate surface area is 79.3 Å². The van der Waals surface area contributed by atoms with Crippen LogP contribution in [0.5, 0.6) is 0 Å². The van der Waals surface area contributed by atoms with Gasteiger partial charge in [-0.05, 0) is 6.42 Å². The Balaban J connectivity index is 4.23. The molecule has 3 heteroatoms. The molecule has 0 fully saturated rings. The number of hydrogen-bond donors (Lipinski definition) is 0. The zero-order chi connectivity index (χ0) is 10.3. The van der Waals surface area contributed by atoms with Crippen molar-refractivity contribution in [2.45, 2.75) is 19.8 Å². The van der Waals surface area contributed by atoms with Gasteiger partial charge in [0, 0.05) is 7.05 Å². The third kappa shape index (κ3) is 3.62. The molecule has 0 N–H and O–H groups in total. The number of terminal acetylenes is 1. The monoisotopic (exact) mass is 178 g/mol. The van der Waals surface area contributed by atoms with Crippen LogP contribution in [0.1, 0.15) is 19.8 Å². The van der Waals surface area contributed by atoms with Crippen molar-refractivity contribution in [1.82, 2.24) is 4.90 Å². The summed E-state index contributed by atoms with van der Waals surface area (Å²) in [4.78, 5) is 12.9. The highest BCUT2D eigenvalue weighted by Gasteiger charge is 2.19. The van der Waals surface area contributed by atoms with Crippen LogP contribution < -0.4 is 0 Å². The Morgan fingerprint density at radius 1 is 1.69 bits per heavy atom. The molecule has 0 rings (SSSR count). The van der Waals surface area contributed by atoms with Crippen molar-refractivity contribution in [3.8, 4) is 18.4 Å². The summed E-state index contributed by atoms with van der Waals surface area (Å²) in [5, 5.41) is 8.70.